The maximum atomic E-state index is 12.6. The first kappa shape index (κ1) is 19.0. The van der Waals surface area contributed by atoms with Crippen molar-refractivity contribution in [1.82, 2.24) is 0 Å². The SMILES string of the molecule is CC(C)(C)C(CS(=O)(=O)c1ccc(Oc2ccccc2)cc1)C(=O)O. The Balaban J connectivity index is 2.18. The Morgan fingerprint density at radius 3 is 2.00 bits per heavy atom. The van der Waals surface area contributed by atoms with E-state index in [4.69, 9.17) is 4.74 Å². The fourth-order valence-electron chi connectivity index (χ4n) is 2.35. The third kappa shape index (κ3) is 5.06. The van der Waals surface area contributed by atoms with Gasteiger partial charge in [-0.2, -0.15) is 0 Å². The van der Waals surface area contributed by atoms with E-state index < -0.39 is 32.9 Å². The van der Waals surface area contributed by atoms with Gasteiger partial charge in [-0.1, -0.05) is 39.0 Å². The molecule has 1 unspecified atom stereocenters. The Morgan fingerprint density at radius 2 is 1.52 bits per heavy atom. The molecule has 0 spiro atoms. The van der Waals surface area contributed by atoms with Crippen molar-refractivity contribution in [2.45, 2.75) is 25.7 Å². The lowest BCUT2D eigenvalue weighted by Crippen LogP contribution is -2.34. The van der Waals surface area contributed by atoms with Crippen LogP contribution in [0.4, 0.5) is 0 Å². The smallest absolute Gasteiger partial charge is 0.308 e. The quantitative estimate of drug-likeness (QED) is 0.840. The maximum Gasteiger partial charge on any atom is 0.308 e. The lowest BCUT2D eigenvalue weighted by molar-refractivity contribution is -0.144. The monoisotopic (exact) mass is 362 g/mol. The van der Waals surface area contributed by atoms with Gasteiger partial charge in [0.1, 0.15) is 11.5 Å². The molecular formula is C19H22O5S. The number of carboxylic acids is 1. The molecule has 0 saturated heterocycles. The van der Waals surface area contributed by atoms with Gasteiger partial charge in [0, 0.05) is 0 Å². The summed E-state index contributed by atoms with van der Waals surface area (Å²) in [6.45, 7) is 5.16. The molecule has 0 aliphatic heterocycles. The summed E-state index contributed by atoms with van der Waals surface area (Å²) in [4.78, 5) is 11.5. The van der Waals surface area contributed by atoms with Gasteiger partial charge in [-0.3, -0.25) is 4.79 Å². The summed E-state index contributed by atoms with van der Waals surface area (Å²) in [6, 6.07) is 15.1. The zero-order valence-corrected chi connectivity index (χ0v) is 15.3. The highest BCUT2D eigenvalue weighted by Crippen LogP contribution is 2.30. The second-order valence-corrected chi connectivity index (χ2v) is 8.96. The average molecular weight is 362 g/mol. The van der Waals surface area contributed by atoms with Gasteiger partial charge in [-0.15, -0.1) is 0 Å². The highest BCUT2D eigenvalue weighted by molar-refractivity contribution is 7.91. The Morgan fingerprint density at radius 1 is 1.00 bits per heavy atom. The summed E-state index contributed by atoms with van der Waals surface area (Å²) in [7, 11) is -3.71. The Labute approximate surface area is 148 Å². The van der Waals surface area contributed by atoms with Gasteiger partial charge >= 0.3 is 5.97 Å². The first-order valence-electron chi connectivity index (χ1n) is 7.88. The molecule has 0 aliphatic rings. The van der Waals surface area contributed by atoms with Crippen LogP contribution in [0.3, 0.4) is 0 Å². The first-order valence-corrected chi connectivity index (χ1v) is 9.53. The number of aliphatic carboxylic acids is 1. The van der Waals surface area contributed by atoms with E-state index in [0.29, 0.717) is 11.5 Å². The average Bonchev–Trinajstić information content (AvgIpc) is 2.53. The van der Waals surface area contributed by atoms with Crippen molar-refractivity contribution in [1.29, 1.82) is 0 Å². The molecule has 6 heteroatoms. The van der Waals surface area contributed by atoms with Crippen LogP contribution in [-0.2, 0) is 14.6 Å². The van der Waals surface area contributed by atoms with Gasteiger partial charge in [0.15, 0.2) is 9.84 Å². The maximum absolute atomic E-state index is 12.6. The van der Waals surface area contributed by atoms with Crippen LogP contribution >= 0.6 is 0 Å². The second kappa shape index (κ2) is 7.27. The van der Waals surface area contributed by atoms with Gasteiger partial charge in [0.2, 0.25) is 0 Å². The summed E-state index contributed by atoms with van der Waals surface area (Å²) >= 11 is 0. The number of benzene rings is 2. The third-order valence-corrected chi connectivity index (χ3v) is 5.65. The molecule has 2 aromatic rings. The molecule has 134 valence electrons. The van der Waals surface area contributed by atoms with Crippen molar-refractivity contribution in [3.63, 3.8) is 0 Å². The van der Waals surface area contributed by atoms with Gasteiger partial charge < -0.3 is 9.84 Å². The van der Waals surface area contributed by atoms with Crippen LogP contribution in [0, 0.1) is 11.3 Å². The summed E-state index contributed by atoms with van der Waals surface area (Å²) in [5.41, 5.74) is -0.657. The van der Waals surface area contributed by atoms with Gasteiger partial charge in [-0.25, -0.2) is 8.42 Å². The molecule has 1 atom stereocenters. The Kier molecular flexibility index (Phi) is 5.52. The van der Waals surface area contributed by atoms with E-state index in [1.54, 1.807) is 45.0 Å². The van der Waals surface area contributed by atoms with Crippen molar-refractivity contribution in [2.75, 3.05) is 5.75 Å². The van der Waals surface area contributed by atoms with Crippen molar-refractivity contribution in [3.05, 3.63) is 54.6 Å². The van der Waals surface area contributed by atoms with E-state index in [0.717, 1.165) is 0 Å². The molecule has 2 rings (SSSR count). The highest BCUT2D eigenvalue weighted by Gasteiger charge is 2.35. The van der Waals surface area contributed by atoms with Crippen molar-refractivity contribution < 1.29 is 23.1 Å². The minimum atomic E-state index is -3.71. The standard InChI is InChI=1S/C19H22O5S/c1-19(2,3)17(18(20)21)13-25(22,23)16-11-9-15(10-12-16)24-14-7-5-4-6-8-14/h4-12,17H,13H2,1-3H3,(H,20,21). The molecule has 25 heavy (non-hydrogen) atoms. The molecule has 0 fully saturated rings. The Bertz CT molecular complexity index is 818. The summed E-state index contributed by atoms with van der Waals surface area (Å²) in [6.07, 6.45) is 0. The first-order chi connectivity index (χ1) is 11.6. The largest absolute Gasteiger partial charge is 0.481 e. The van der Waals surface area contributed by atoms with Crippen LogP contribution in [0.25, 0.3) is 0 Å². The van der Waals surface area contributed by atoms with E-state index in [-0.39, 0.29) is 4.90 Å². The van der Waals surface area contributed by atoms with Crippen LogP contribution < -0.4 is 4.74 Å². The molecule has 0 aliphatic carbocycles. The van der Waals surface area contributed by atoms with Crippen LogP contribution in [-0.4, -0.2) is 25.2 Å². The van der Waals surface area contributed by atoms with E-state index in [2.05, 4.69) is 0 Å². The van der Waals surface area contributed by atoms with Crippen LogP contribution in [0.15, 0.2) is 59.5 Å². The van der Waals surface area contributed by atoms with E-state index in [1.807, 2.05) is 18.2 Å². The van der Waals surface area contributed by atoms with Crippen LogP contribution in [0.2, 0.25) is 0 Å². The number of carbonyl (C=O) groups is 1. The minimum absolute atomic E-state index is 0.0865. The van der Waals surface area contributed by atoms with E-state index in [9.17, 15) is 18.3 Å². The number of para-hydroxylation sites is 1. The fourth-order valence-corrected chi connectivity index (χ4v) is 4.17. The molecule has 0 aromatic heterocycles. The topological polar surface area (TPSA) is 80.7 Å². The summed E-state index contributed by atoms with van der Waals surface area (Å²) < 4.78 is 30.7. The van der Waals surface area contributed by atoms with Crippen LogP contribution in [0.5, 0.6) is 11.5 Å². The number of hydrogen-bond donors (Lipinski definition) is 1. The molecule has 0 amide bonds. The zero-order valence-electron chi connectivity index (χ0n) is 14.5. The molecule has 1 N–H and O–H groups in total. The number of sulfone groups is 1. The van der Waals surface area contributed by atoms with E-state index in [1.165, 1.54) is 12.1 Å². The second-order valence-electron chi connectivity index (χ2n) is 6.92. The predicted octanol–water partition coefficient (Wildman–Crippen LogP) is 4.00. The summed E-state index contributed by atoms with van der Waals surface area (Å²) in [5.74, 6) is -1.38. The molecule has 2 aromatic carbocycles. The predicted molar refractivity (Wildman–Crippen MR) is 95.6 cm³/mol. The molecular weight excluding hydrogens is 340 g/mol. The minimum Gasteiger partial charge on any atom is -0.481 e. The number of rotatable bonds is 6. The third-order valence-electron chi connectivity index (χ3n) is 3.89. The number of hydrogen-bond acceptors (Lipinski definition) is 4. The molecule has 0 saturated carbocycles. The van der Waals surface area contributed by atoms with E-state index >= 15 is 0 Å². The van der Waals surface area contributed by atoms with Crippen molar-refractivity contribution >= 4 is 15.8 Å². The van der Waals surface area contributed by atoms with Gasteiger partial charge in [0.05, 0.1) is 16.6 Å². The Hall–Kier alpha value is -2.34. The lowest BCUT2D eigenvalue weighted by atomic mass is 9.82. The highest BCUT2D eigenvalue weighted by atomic mass is 32.2. The normalized spacial score (nSPS) is 13.2. The zero-order chi connectivity index (χ0) is 18.7. The molecule has 0 radical (unpaired) electrons. The number of carboxylic acid groups (broad SMARTS) is 1. The van der Waals surface area contributed by atoms with Crippen LogP contribution in [0.1, 0.15) is 20.8 Å². The number of ether oxygens (including phenoxy) is 1. The summed E-state index contributed by atoms with van der Waals surface area (Å²) in [5, 5.41) is 9.34. The fraction of sp³-hybridized carbons (Fsp3) is 0.316. The molecule has 0 heterocycles. The lowest BCUT2D eigenvalue weighted by Gasteiger charge is -2.26. The van der Waals surface area contributed by atoms with Crippen molar-refractivity contribution in [3.8, 4) is 11.5 Å². The molecule has 5 nitrogen and oxygen atoms in total. The van der Waals surface area contributed by atoms with Gasteiger partial charge in [0.25, 0.3) is 0 Å². The van der Waals surface area contributed by atoms with Crippen molar-refractivity contribution in [2.24, 2.45) is 11.3 Å². The van der Waals surface area contributed by atoms with Gasteiger partial charge in [-0.05, 0) is 41.8 Å². The molecule has 0 bridgehead atoms.